The van der Waals surface area contributed by atoms with Gasteiger partial charge in [0.15, 0.2) is 5.82 Å². The molecule has 3 rings (SSSR count). The Labute approximate surface area is 145 Å². The van der Waals surface area contributed by atoms with Crippen molar-refractivity contribution >= 4 is 5.91 Å². The first-order valence-corrected chi connectivity index (χ1v) is 8.47. The van der Waals surface area contributed by atoms with Crippen molar-refractivity contribution in [2.45, 2.75) is 38.8 Å². The highest BCUT2D eigenvalue weighted by molar-refractivity contribution is 5.94. The molecule has 8 heteroatoms. The van der Waals surface area contributed by atoms with Crippen LogP contribution in [-0.4, -0.2) is 45.8 Å². The number of carbonyl (C=O) groups excluding carboxylic acids is 1. The van der Waals surface area contributed by atoms with Crippen molar-refractivity contribution < 1.29 is 14.1 Å². The summed E-state index contributed by atoms with van der Waals surface area (Å²) >= 11 is 0. The number of pyridine rings is 1. The van der Waals surface area contributed by atoms with Crippen molar-refractivity contribution in [1.29, 1.82) is 0 Å². The average Bonchev–Trinajstić information content (AvgIpc) is 3.29. The third kappa shape index (κ3) is 3.63. The van der Waals surface area contributed by atoms with E-state index in [4.69, 9.17) is 9.26 Å². The second-order valence-electron chi connectivity index (χ2n) is 6.00. The van der Waals surface area contributed by atoms with Gasteiger partial charge in [0, 0.05) is 38.9 Å². The second kappa shape index (κ2) is 7.60. The Balaban J connectivity index is 1.82. The molecule has 0 radical (unpaired) electrons. The van der Waals surface area contributed by atoms with Crippen molar-refractivity contribution in [2.24, 2.45) is 0 Å². The average molecular weight is 346 g/mol. The molecule has 0 bridgehead atoms. The minimum atomic E-state index is -0.184. The van der Waals surface area contributed by atoms with Crippen LogP contribution >= 0.6 is 0 Å². The van der Waals surface area contributed by atoms with Gasteiger partial charge in [-0.05, 0) is 18.9 Å². The van der Waals surface area contributed by atoms with E-state index in [-0.39, 0.29) is 17.5 Å². The fourth-order valence-corrected chi connectivity index (χ4v) is 3.01. The van der Waals surface area contributed by atoms with Gasteiger partial charge < -0.3 is 18.7 Å². The summed E-state index contributed by atoms with van der Waals surface area (Å²) in [6.45, 7) is 3.39. The van der Waals surface area contributed by atoms with Crippen LogP contribution in [0.3, 0.4) is 0 Å². The molecule has 0 spiro atoms. The van der Waals surface area contributed by atoms with Crippen molar-refractivity contribution in [1.82, 2.24) is 19.6 Å². The Morgan fingerprint density at radius 1 is 1.44 bits per heavy atom. The first kappa shape index (κ1) is 17.3. The summed E-state index contributed by atoms with van der Waals surface area (Å²) in [5.41, 5.74) is 0.319. The topological polar surface area (TPSA) is 90.5 Å². The van der Waals surface area contributed by atoms with Gasteiger partial charge in [-0.2, -0.15) is 4.98 Å². The van der Waals surface area contributed by atoms with Crippen LogP contribution in [0.4, 0.5) is 0 Å². The number of ether oxygens (including phenoxy) is 1. The minimum absolute atomic E-state index is 0.128. The lowest BCUT2D eigenvalue weighted by molar-refractivity contribution is 0.0727. The van der Waals surface area contributed by atoms with E-state index in [9.17, 15) is 9.59 Å². The van der Waals surface area contributed by atoms with Gasteiger partial charge in [-0.3, -0.25) is 9.59 Å². The highest BCUT2D eigenvalue weighted by atomic mass is 16.5. The maximum Gasteiger partial charge on any atom is 0.255 e. The number of aryl methyl sites for hydroxylation is 1. The van der Waals surface area contributed by atoms with Crippen LogP contribution in [0, 0.1) is 0 Å². The monoisotopic (exact) mass is 346 g/mol. The molecular weight excluding hydrogens is 324 g/mol. The molecular formula is C17H22N4O4. The molecule has 1 saturated heterocycles. The fraction of sp³-hybridized carbons (Fsp3) is 0.529. The van der Waals surface area contributed by atoms with Crippen LogP contribution in [0.2, 0.25) is 0 Å². The Kier molecular flexibility index (Phi) is 5.28. The van der Waals surface area contributed by atoms with Gasteiger partial charge in [0.2, 0.25) is 5.89 Å². The zero-order valence-electron chi connectivity index (χ0n) is 14.5. The summed E-state index contributed by atoms with van der Waals surface area (Å²) in [4.78, 5) is 31.0. The molecule has 134 valence electrons. The summed E-state index contributed by atoms with van der Waals surface area (Å²) < 4.78 is 11.7. The van der Waals surface area contributed by atoms with Crippen LogP contribution < -0.4 is 5.56 Å². The van der Waals surface area contributed by atoms with Crippen LogP contribution in [0.1, 0.15) is 47.9 Å². The summed E-state index contributed by atoms with van der Waals surface area (Å²) in [7, 11) is 1.57. The van der Waals surface area contributed by atoms with Crippen molar-refractivity contribution in [3.63, 3.8) is 0 Å². The van der Waals surface area contributed by atoms with Gasteiger partial charge in [-0.1, -0.05) is 12.1 Å². The van der Waals surface area contributed by atoms with E-state index in [1.54, 1.807) is 24.3 Å². The fourth-order valence-electron chi connectivity index (χ4n) is 3.01. The van der Waals surface area contributed by atoms with Gasteiger partial charge in [0.25, 0.3) is 11.5 Å². The number of methoxy groups -OCH3 is 1. The first-order chi connectivity index (χ1) is 12.1. The highest BCUT2D eigenvalue weighted by Gasteiger charge is 2.34. The van der Waals surface area contributed by atoms with E-state index >= 15 is 0 Å². The molecule has 1 aliphatic rings. The minimum Gasteiger partial charge on any atom is -0.383 e. The number of amides is 1. The predicted octanol–water partition coefficient (Wildman–Crippen LogP) is 1.42. The summed E-state index contributed by atoms with van der Waals surface area (Å²) in [5.74, 6) is 0.995. The lowest BCUT2D eigenvalue weighted by Gasteiger charge is -2.22. The molecule has 1 amide bonds. The third-order valence-electron chi connectivity index (χ3n) is 4.36. The van der Waals surface area contributed by atoms with E-state index in [1.165, 1.54) is 10.6 Å². The Bertz CT molecular complexity index is 798. The highest BCUT2D eigenvalue weighted by Crippen LogP contribution is 2.31. The molecule has 0 saturated carbocycles. The van der Waals surface area contributed by atoms with Crippen molar-refractivity contribution in [2.75, 3.05) is 20.3 Å². The molecule has 0 aliphatic carbocycles. The molecule has 2 aromatic heterocycles. The number of hydrogen-bond acceptors (Lipinski definition) is 6. The van der Waals surface area contributed by atoms with E-state index in [2.05, 4.69) is 10.1 Å². The number of likely N-dealkylation sites (tertiary alicyclic amines) is 1. The van der Waals surface area contributed by atoms with Gasteiger partial charge in [0.1, 0.15) is 0 Å². The molecule has 25 heavy (non-hydrogen) atoms. The smallest absolute Gasteiger partial charge is 0.255 e. The standard InChI is InChI=1S/C17H22N4O4/c1-3-14-18-16(19-25-14)13-5-4-8-21(13)17(23)12-6-7-15(22)20(11-12)9-10-24-2/h6-7,11,13H,3-5,8-10H2,1-2H3/t13-/m1/s1. The van der Waals surface area contributed by atoms with Crippen molar-refractivity contribution in [3.05, 3.63) is 46.0 Å². The van der Waals surface area contributed by atoms with E-state index in [1.807, 2.05) is 6.92 Å². The molecule has 1 aliphatic heterocycles. The van der Waals surface area contributed by atoms with E-state index < -0.39 is 0 Å². The van der Waals surface area contributed by atoms with Crippen LogP contribution in [0.15, 0.2) is 27.6 Å². The predicted molar refractivity (Wildman–Crippen MR) is 89.3 cm³/mol. The summed E-state index contributed by atoms with van der Waals surface area (Å²) in [5, 5.41) is 4.02. The van der Waals surface area contributed by atoms with Crippen LogP contribution in [-0.2, 0) is 17.7 Å². The molecule has 1 atom stereocenters. The molecule has 0 N–H and O–H groups in total. The maximum atomic E-state index is 12.9. The molecule has 2 aromatic rings. The molecule has 0 aromatic carbocycles. The zero-order chi connectivity index (χ0) is 17.8. The van der Waals surface area contributed by atoms with Gasteiger partial charge >= 0.3 is 0 Å². The molecule has 1 fully saturated rings. The van der Waals surface area contributed by atoms with E-state index in [0.717, 1.165) is 12.8 Å². The van der Waals surface area contributed by atoms with Crippen LogP contribution in [0.5, 0.6) is 0 Å². The number of carbonyl (C=O) groups is 1. The lowest BCUT2D eigenvalue weighted by Crippen LogP contribution is -2.32. The molecule has 8 nitrogen and oxygen atoms in total. The third-order valence-corrected chi connectivity index (χ3v) is 4.36. The number of nitrogens with zero attached hydrogens (tertiary/aromatic N) is 4. The van der Waals surface area contributed by atoms with Crippen LogP contribution in [0.25, 0.3) is 0 Å². The maximum absolute atomic E-state index is 12.9. The molecule has 0 unspecified atom stereocenters. The summed E-state index contributed by atoms with van der Waals surface area (Å²) in [6.07, 6.45) is 3.94. The Morgan fingerprint density at radius 3 is 3.00 bits per heavy atom. The van der Waals surface area contributed by atoms with Gasteiger partial charge in [-0.25, -0.2) is 0 Å². The second-order valence-corrected chi connectivity index (χ2v) is 6.00. The summed E-state index contributed by atoms with van der Waals surface area (Å²) in [6, 6.07) is 2.80. The number of aromatic nitrogens is 3. The lowest BCUT2D eigenvalue weighted by atomic mass is 10.2. The SMILES string of the molecule is CCc1nc([C@H]2CCCN2C(=O)c2ccc(=O)n(CCOC)c2)no1. The van der Waals surface area contributed by atoms with Gasteiger partial charge in [0.05, 0.1) is 18.2 Å². The largest absolute Gasteiger partial charge is 0.383 e. The Morgan fingerprint density at radius 2 is 2.28 bits per heavy atom. The zero-order valence-corrected chi connectivity index (χ0v) is 14.5. The Hall–Kier alpha value is -2.48. The first-order valence-electron chi connectivity index (χ1n) is 8.47. The normalized spacial score (nSPS) is 17.2. The van der Waals surface area contributed by atoms with E-state index in [0.29, 0.717) is 43.4 Å². The van der Waals surface area contributed by atoms with Gasteiger partial charge in [-0.15, -0.1) is 0 Å². The molecule has 3 heterocycles. The van der Waals surface area contributed by atoms with Crippen molar-refractivity contribution in [3.8, 4) is 0 Å². The number of hydrogen-bond donors (Lipinski definition) is 0. The number of rotatable bonds is 6. The quantitative estimate of drug-likeness (QED) is 0.786.